The predicted octanol–water partition coefficient (Wildman–Crippen LogP) is 4.72. The molecule has 0 spiro atoms. The molecule has 0 aromatic heterocycles. The van der Waals surface area contributed by atoms with E-state index in [1.807, 2.05) is 24.3 Å². The molecule has 0 aliphatic carbocycles. The molecule has 1 aromatic rings. The molecule has 0 radical (unpaired) electrons. The molecule has 0 bridgehead atoms. The second-order valence-corrected chi connectivity index (χ2v) is 9.03. The van der Waals surface area contributed by atoms with Crippen molar-refractivity contribution in [3.63, 3.8) is 0 Å². The first kappa shape index (κ1) is 12.6. The van der Waals surface area contributed by atoms with Crippen molar-refractivity contribution in [2.24, 2.45) is 0 Å². The predicted molar refractivity (Wildman–Crippen MR) is 69.3 cm³/mol. The second-order valence-electron chi connectivity index (χ2n) is 4.40. The van der Waals surface area contributed by atoms with Crippen molar-refractivity contribution in [2.75, 3.05) is 0 Å². The Balaban J connectivity index is 2.64. The third-order valence-electron chi connectivity index (χ3n) is 2.36. The van der Waals surface area contributed by atoms with Gasteiger partial charge in [-0.05, 0) is 31.3 Å². The number of hydrogen-bond acceptors (Lipinski definition) is 1. The quantitative estimate of drug-likeness (QED) is 0.679. The SMILES string of the molecule is CCCC[Si](C)(C)Oc1ccccc1Cl. The molecule has 0 atom stereocenters. The minimum atomic E-state index is -1.58. The van der Waals surface area contributed by atoms with Crippen LogP contribution in [0.1, 0.15) is 19.8 Å². The number of para-hydroxylation sites is 1. The van der Waals surface area contributed by atoms with Crippen LogP contribution in [-0.4, -0.2) is 8.32 Å². The smallest absolute Gasteiger partial charge is 0.245 e. The highest BCUT2D eigenvalue weighted by Crippen LogP contribution is 2.27. The molecular formula is C12H19ClOSi. The summed E-state index contributed by atoms with van der Waals surface area (Å²) < 4.78 is 6.04. The molecule has 0 saturated carbocycles. The van der Waals surface area contributed by atoms with Crippen LogP contribution >= 0.6 is 11.6 Å². The summed E-state index contributed by atoms with van der Waals surface area (Å²) in [5.74, 6) is 0.840. The number of halogens is 1. The monoisotopic (exact) mass is 242 g/mol. The first-order valence-electron chi connectivity index (χ1n) is 5.49. The lowest BCUT2D eigenvalue weighted by Gasteiger charge is -2.24. The molecule has 0 saturated heterocycles. The van der Waals surface area contributed by atoms with Crippen molar-refractivity contribution >= 4 is 19.9 Å². The van der Waals surface area contributed by atoms with Gasteiger partial charge in [0, 0.05) is 0 Å². The standard InChI is InChI=1S/C12H19ClOSi/c1-4-5-10-15(2,3)14-12-9-7-6-8-11(12)13/h6-9H,4-5,10H2,1-3H3. The van der Waals surface area contributed by atoms with Gasteiger partial charge in [0.1, 0.15) is 5.75 Å². The van der Waals surface area contributed by atoms with Crippen molar-refractivity contribution in [2.45, 2.75) is 38.9 Å². The van der Waals surface area contributed by atoms with Gasteiger partial charge in [-0.15, -0.1) is 0 Å². The van der Waals surface area contributed by atoms with Gasteiger partial charge in [0.25, 0.3) is 0 Å². The largest absolute Gasteiger partial charge is 0.543 e. The summed E-state index contributed by atoms with van der Waals surface area (Å²) in [7, 11) is -1.58. The van der Waals surface area contributed by atoms with E-state index in [0.29, 0.717) is 0 Å². The zero-order valence-electron chi connectivity index (χ0n) is 9.72. The van der Waals surface area contributed by atoms with Gasteiger partial charge >= 0.3 is 0 Å². The Morgan fingerprint density at radius 1 is 1.27 bits per heavy atom. The molecular weight excluding hydrogens is 224 g/mol. The number of unbranched alkanes of at least 4 members (excludes halogenated alkanes) is 1. The molecule has 84 valence electrons. The van der Waals surface area contributed by atoms with Gasteiger partial charge in [0.05, 0.1) is 5.02 Å². The van der Waals surface area contributed by atoms with E-state index >= 15 is 0 Å². The van der Waals surface area contributed by atoms with Gasteiger partial charge < -0.3 is 4.43 Å². The lowest BCUT2D eigenvalue weighted by molar-refractivity contribution is 0.542. The number of benzene rings is 1. The Morgan fingerprint density at radius 3 is 2.53 bits per heavy atom. The van der Waals surface area contributed by atoms with E-state index in [1.165, 1.54) is 18.9 Å². The van der Waals surface area contributed by atoms with Crippen LogP contribution in [0.5, 0.6) is 5.75 Å². The molecule has 0 heterocycles. The lowest BCUT2D eigenvalue weighted by atomic mass is 10.3. The third kappa shape index (κ3) is 4.27. The maximum Gasteiger partial charge on any atom is 0.245 e. The topological polar surface area (TPSA) is 9.23 Å². The Kier molecular flexibility index (Phi) is 4.67. The summed E-state index contributed by atoms with van der Waals surface area (Å²) in [6.07, 6.45) is 2.46. The molecule has 1 nitrogen and oxygen atoms in total. The second kappa shape index (κ2) is 5.57. The van der Waals surface area contributed by atoms with Crippen LogP contribution in [-0.2, 0) is 0 Å². The molecule has 15 heavy (non-hydrogen) atoms. The molecule has 0 unspecified atom stereocenters. The summed E-state index contributed by atoms with van der Waals surface area (Å²) in [5, 5.41) is 0.717. The van der Waals surface area contributed by atoms with Crippen LogP contribution in [0, 0.1) is 0 Å². The van der Waals surface area contributed by atoms with E-state index in [4.69, 9.17) is 16.0 Å². The maximum absolute atomic E-state index is 6.06. The summed E-state index contributed by atoms with van der Waals surface area (Å²) in [4.78, 5) is 0. The Labute approximate surface area is 98.5 Å². The summed E-state index contributed by atoms with van der Waals surface area (Å²) >= 11 is 6.06. The molecule has 0 aliphatic heterocycles. The first-order chi connectivity index (χ1) is 7.05. The van der Waals surface area contributed by atoms with Gasteiger partial charge in [0.15, 0.2) is 0 Å². The summed E-state index contributed by atoms with van der Waals surface area (Å²) in [5.41, 5.74) is 0. The van der Waals surface area contributed by atoms with Crippen LogP contribution in [0.3, 0.4) is 0 Å². The molecule has 3 heteroatoms. The van der Waals surface area contributed by atoms with E-state index in [-0.39, 0.29) is 0 Å². The lowest BCUT2D eigenvalue weighted by Crippen LogP contribution is -2.33. The highest BCUT2D eigenvalue weighted by molar-refractivity contribution is 6.71. The average molecular weight is 243 g/mol. The van der Waals surface area contributed by atoms with Crippen molar-refractivity contribution in [1.82, 2.24) is 0 Å². The Hall–Kier alpha value is -0.473. The van der Waals surface area contributed by atoms with Gasteiger partial charge in [-0.3, -0.25) is 0 Å². The molecule has 1 aromatic carbocycles. The minimum absolute atomic E-state index is 0.717. The molecule has 0 fully saturated rings. The van der Waals surface area contributed by atoms with Crippen molar-refractivity contribution in [3.8, 4) is 5.75 Å². The first-order valence-corrected chi connectivity index (χ1v) is 8.98. The normalized spacial score (nSPS) is 11.5. The Bertz CT molecular complexity index is 312. The van der Waals surface area contributed by atoms with Crippen LogP contribution in [0.15, 0.2) is 24.3 Å². The fourth-order valence-electron chi connectivity index (χ4n) is 1.48. The minimum Gasteiger partial charge on any atom is -0.543 e. The third-order valence-corrected chi connectivity index (χ3v) is 5.00. The van der Waals surface area contributed by atoms with E-state index < -0.39 is 8.32 Å². The average Bonchev–Trinajstić information content (AvgIpc) is 2.18. The molecule has 0 aliphatic rings. The van der Waals surface area contributed by atoms with Crippen molar-refractivity contribution in [1.29, 1.82) is 0 Å². The van der Waals surface area contributed by atoms with Crippen LogP contribution in [0.2, 0.25) is 24.2 Å². The zero-order valence-corrected chi connectivity index (χ0v) is 11.5. The van der Waals surface area contributed by atoms with Crippen molar-refractivity contribution < 1.29 is 4.43 Å². The highest BCUT2D eigenvalue weighted by atomic mass is 35.5. The summed E-state index contributed by atoms with van der Waals surface area (Å²) in [6.45, 7) is 6.69. The fraction of sp³-hybridized carbons (Fsp3) is 0.500. The number of rotatable bonds is 5. The van der Waals surface area contributed by atoms with Crippen LogP contribution < -0.4 is 4.43 Å². The van der Waals surface area contributed by atoms with Gasteiger partial charge in [-0.1, -0.05) is 43.5 Å². The number of hydrogen-bond donors (Lipinski definition) is 0. The van der Waals surface area contributed by atoms with Crippen molar-refractivity contribution in [3.05, 3.63) is 29.3 Å². The molecule has 0 N–H and O–H groups in total. The van der Waals surface area contributed by atoms with E-state index in [2.05, 4.69) is 20.0 Å². The van der Waals surface area contributed by atoms with Gasteiger partial charge in [-0.2, -0.15) is 0 Å². The molecule has 1 rings (SSSR count). The molecule has 0 amide bonds. The van der Waals surface area contributed by atoms with Gasteiger partial charge in [0.2, 0.25) is 8.32 Å². The van der Waals surface area contributed by atoms with Crippen LogP contribution in [0.4, 0.5) is 0 Å². The zero-order chi connectivity index (χ0) is 11.3. The maximum atomic E-state index is 6.06. The highest BCUT2D eigenvalue weighted by Gasteiger charge is 2.24. The fourth-order valence-corrected chi connectivity index (χ4v) is 3.80. The van der Waals surface area contributed by atoms with Gasteiger partial charge in [-0.25, -0.2) is 0 Å². The Morgan fingerprint density at radius 2 is 1.93 bits per heavy atom. The van der Waals surface area contributed by atoms with E-state index in [9.17, 15) is 0 Å². The van der Waals surface area contributed by atoms with E-state index in [1.54, 1.807) is 0 Å². The summed E-state index contributed by atoms with van der Waals surface area (Å²) in [6, 6.07) is 8.90. The van der Waals surface area contributed by atoms with E-state index in [0.717, 1.165) is 10.8 Å². The van der Waals surface area contributed by atoms with Crippen LogP contribution in [0.25, 0.3) is 0 Å².